The van der Waals surface area contributed by atoms with Crippen LogP contribution in [0.1, 0.15) is 0 Å². The van der Waals surface area contributed by atoms with Gasteiger partial charge in [0.25, 0.3) is 0 Å². The summed E-state index contributed by atoms with van der Waals surface area (Å²) in [4.78, 5) is 2.05. The van der Waals surface area contributed by atoms with E-state index in [2.05, 4.69) is 5.32 Å². The van der Waals surface area contributed by atoms with E-state index in [9.17, 15) is 4.39 Å². The normalized spacial score (nSPS) is 26.1. The van der Waals surface area contributed by atoms with Gasteiger partial charge in [-0.3, -0.25) is 0 Å². The van der Waals surface area contributed by atoms with Crippen LogP contribution < -0.4 is 15.0 Å². The molecule has 2 fully saturated rings. The number of hydrogen-bond acceptors (Lipinski definition) is 5. The maximum atomic E-state index is 14.3. The lowest BCUT2D eigenvalue weighted by Gasteiger charge is -2.30. The van der Waals surface area contributed by atoms with E-state index in [1.165, 1.54) is 6.07 Å². The predicted molar refractivity (Wildman–Crippen MR) is 77.5 cm³/mol. The van der Waals surface area contributed by atoms with Crippen molar-refractivity contribution in [2.24, 2.45) is 0 Å². The molecular formula is C15H21FN2O3. The van der Waals surface area contributed by atoms with Crippen molar-refractivity contribution in [1.29, 1.82) is 0 Å². The van der Waals surface area contributed by atoms with Gasteiger partial charge in [-0.05, 0) is 12.1 Å². The van der Waals surface area contributed by atoms with Gasteiger partial charge < -0.3 is 24.4 Å². The molecule has 0 amide bonds. The van der Waals surface area contributed by atoms with Crippen molar-refractivity contribution in [3.63, 3.8) is 0 Å². The summed E-state index contributed by atoms with van der Waals surface area (Å²) in [6, 6.07) is 5.04. The Balaban J connectivity index is 1.68. The van der Waals surface area contributed by atoms with Gasteiger partial charge in [-0.1, -0.05) is 0 Å². The van der Waals surface area contributed by atoms with E-state index >= 15 is 0 Å². The Morgan fingerprint density at radius 2 is 2.00 bits per heavy atom. The highest BCUT2D eigenvalue weighted by atomic mass is 19.1. The first-order chi connectivity index (χ1) is 10.3. The lowest BCUT2D eigenvalue weighted by molar-refractivity contribution is 0.0325. The second-order valence-electron chi connectivity index (χ2n) is 5.32. The van der Waals surface area contributed by atoms with Crippen molar-refractivity contribution in [3.05, 3.63) is 24.0 Å². The minimum Gasteiger partial charge on any atom is -0.485 e. The Morgan fingerprint density at radius 1 is 1.24 bits per heavy atom. The van der Waals surface area contributed by atoms with Crippen LogP contribution >= 0.6 is 0 Å². The fraction of sp³-hybridized carbons (Fsp3) is 0.600. The SMILES string of the molecule is CO[C@H]1COC[C@@H]1Oc1ccc(N2CCNCC2)c(F)c1. The highest BCUT2D eigenvalue weighted by molar-refractivity contribution is 5.51. The highest BCUT2D eigenvalue weighted by Crippen LogP contribution is 2.26. The molecule has 0 aliphatic carbocycles. The molecule has 0 radical (unpaired) electrons. The lowest BCUT2D eigenvalue weighted by Crippen LogP contribution is -2.43. The van der Waals surface area contributed by atoms with E-state index in [0.29, 0.717) is 24.7 Å². The Labute approximate surface area is 124 Å². The molecule has 2 aliphatic heterocycles. The number of piperazine rings is 1. The van der Waals surface area contributed by atoms with Crippen molar-refractivity contribution in [3.8, 4) is 5.75 Å². The first kappa shape index (κ1) is 14.6. The largest absolute Gasteiger partial charge is 0.485 e. The maximum Gasteiger partial charge on any atom is 0.150 e. The summed E-state index contributed by atoms with van der Waals surface area (Å²) >= 11 is 0. The molecule has 2 aliphatic rings. The summed E-state index contributed by atoms with van der Waals surface area (Å²) in [5.41, 5.74) is 0.634. The van der Waals surface area contributed by atoms with Crippen molar-refractivity contribution in [2.75, 3.05) is 51.4 Å². The number of hydrogen-bond donors (Lipinski definition) is 1. The molecular weight excluding hydrogens is 275 g/mol. The van der Waals surface area contributed by atoms with Gasteiger partial charge in [-0.15, -0.1) is 0 Å². The van der Waals surface area contributed by atoms with E-state index in [4.69, 9.17) is 14.2 Å². The smallest absolute Gasteiger partial charge is 0.150 e. The molecule has 2 heterocycles. The summed E-state index contributed by atoms with van der Waals surface area (Å²) in [6.07, 6.45) is -0.277. The number of rotatable bonds is 4. The molecule has 1 N–H and O–H groups in total. The topological polar surface area (TPSA) is 43.0 Å². The first-order valence-electron chi connectivity index (χ1n) is 7.30. The average Bonchev–Trinajstić information content (AvgIpc) is 2.95. The molecule has 2 saturated heterocycles. The molecule has 3 rings (SSSR count). The average molecular weight is 296 g/mol. The fourth-order valence-electron chi connectivity index (χ4n) is 2.74. The third-order valence-corrected chi connectivity index (χ3v) is 3.95. The standard InChI is InChI=1S/C15H21FN2O3/c1-19-14-9-20-10-15(14)21-11-2-3-13(12(16)8-11)18-6-4-17-5-7-18/h2-3,8,14-15,17H,4-7,9-10H2,1H3/t14-,15-/m0/s1. The van der Waals surface area contributed by atoms with Gasteiger partial charge in [0, 0.05) is 39.4 Å². The molecule has 116 valence electrons. The van der Waals surface area contributed by atoms with Crippen LogP contribution in [0.25, 0.3) is 0 Å². The Kier molecular flexibility index (Phi) is 4.57. The lowest BCUT2D eigenvalue weighted by atomic mass is 10.2. The van der Waals surface area contributed by atoms with Crippen molar-refractivity contribution >= 4 is 5.69 Å². The number of ether oxygens (including phenoxy) is 3. The number of methoxy groups -OCH3 is 1. The molecule has 0 unspecified atom stereocenters. The van der Waals surface area contributed by atoms with Gasteiger partial charge in [0.15, 0.2) is 6.10 Å². The molecule has 0 aromatic heterocycles. The van der Waals surface area contributed by atoms with Gasteiger partial charge >= 0.3 is 0 Å². The van der Waals surface area contributed by atoms with E-state index in [-0.39, 0.29) is 18.0 Å². The van der Waals surface area contributed by atoms with E-state index in [0.717, 1.165) is 26.2 Å². The summed E-state index contributed by atoms with van der Waals surface area (Å²) < 4.78 is 30.7. The maximum absolute atomic E-state index is 14.3. The Hall–Kier alpha value is -1.37. The molecule has 21 heavy (non-hydrogen) atoms. The third-order valence-electron chi connectivity index (χ3n) is 3.95. The number of nitrogens with one attached hydrogen (secondary N) is 1. The van der Waals surface area contributed by atoms with Gasteiger partial charge in [-0.2, -0.15) is 0 Å². The van der Waals surface area contributed by atoms with Gasteiger partial charge in [0.2, 0.25) is 0 Å². The van der Waals surface area contributed by atoms with Crippen molar-refractivity contribution in [2.45, 2.75) is 12.2 Å². The number of nitrogens with zero attached hydrogens (tertiary/aromatic N) is 1. The number of halogens is 1. The van der Waals surface area contributed by atoms with Crippen LogP contribution in [-0.4, -0.2) is 58.7 Å². The second kappa shape index (κ2) is 6.60. The zero-order valence-corrected chi connectivity index (χ0v) is 12.2. The Morgan fingerprint density at radius 3 is 2.71 bits per heavy atom. The molecule has 2 atom stereocenters. The fourth-order valence-corrected chi connectivity index (χ4v) is 2.74. The first-order valence-corrected chi connectivity index (χ1v) is 7.30. The zero-order chi connectivity index (χ0) is 14.7. The molecule has 1 aromatic rings. The summed E-state index contributed by atoms with van der Waals surface area (Å²) in [7, 11) is 1.63. The molecule has 5 nitrogen and oxygen atoms in total. The van der Waals surface area contributed by atoms with Gasteiger partial charge in [0.05, 0.1) is 18.9 Å². The molecule has 0 saturated carbocycles. The number of benzene rings is 1. The molecule has 6 heteroatoms. The van der Waals surface area contributed by atoms with Crippen LogP contribution in [0.5, 0.6) is 5.75 Å². The van der Waals surface area contributed by atoms with Gasteiger partial charge in [0.1, 0.15) is 17.7 Å². The summed E-state index contributed by atoms with van der Waals surface area (Å²) in [6.45, 7) is 4.39. The van der Waals surface area contributed by atoms with Gasteiger partial charge in [-0.25, -0.2) is 4.39 Å². The van der Waals surface area contributed by atoms with Crippen LogP contribution in [0.15, 0.2) is 18.2 Å². The molecule has 0 spiro atoms. The highest BCUT2D eigenvalue weighted by Gasteiger charge is 2.30. The molecule has 0 bridgehead atoms. The van der Waals surface area contributed by atoms with E-state index in [1.54, 1.807) is 13.2 Å². The second-order valence-corrected chi connectivity index (χ2v) is 5.32. The van der Waals surface area contributed by atoms with Crippen molar-refractivity contribution in [1.82, 2.24) is 5.32 Å². The predicted octanol–water partition coefficient (Wildman–Crippen LogP) is 1.03. The van der Waals surface area contributed by atoms with Crippen LogP contribution in [0, 0.1) is 5.82 Å². The van der Waals surface area contributed by atoms with Crippen LogP contribution in [0.2, 0.25) is 0 Å². The zero-order valence-electron chi connectivity index (χ0n) is 12.2. The van der Waals surface area contributed by atoms with E-state index in [1.807, 2.05) is 11.0 Å². The summed E-state index contributed by atoms with van der Waals surface area (Å²) in [5, 5.41) is 3.26. The third kappa shape index (κ3) is 3.28. The minimum absolute atomic E-state index is 0.0964. The van der Waals surface area contributed by atoms with Crippen LogP contribution in [0.4, 0.5) is 10.1 Å². The number of anilines is 1. The molecule has 1 aromatic carbocycles. The minimum atomic E-state index is -0.248. The summed E-state index contributed by atoms with van der Waals surface area (Å²) in [5.74, 6) is 0.270. The van der Waals surface area contributed by atoms with Crippen LogP contribution in [0.3, 0.4) is 0 Å². The Bertz CT molecular complexity index is 480. The quantitative estimate of drug-likeness (QED) is 0.899. The van der Waals surface area contributed by atoms with E-state index < -0.39 is 0 Å². The van der Waals surface area contributed by atoms with Crippen molar-refractivity contribution < 1.29 is 18.6 Å². The monoisotopic (exact) mass is 296 g/mol. The van der Waals surface area contributed by atoms with Crippen LogP contribution in [-0.2, 0) is 9.47 Å².